The molecule has 1 atom stereocenters. The number of hydrogen-bond acceptors (Lipinski definition) is 4. The van der Waals surface area contributed by atoms with E-state index in [2.05, 4.69) is 9.98 Å². The molecule has 2 aromatic rings. The van der Waals surface area contributed by atoms with Crippen LogP contribution in [0.3, 0.4) is 0 Å². The highest BCUT2D eigenvalue weighted by atomic mass is 32.2. The van der Waals surface area contributed by atoms with Gasteiger partial charge in [-0.25, -0.2) is 9.38 Å². The van der Waals surface area contributed by atoms with Crippen molar-refractivity contribution >= 4 is 28.4 Å². The first kappa shape index (κ1) is 14.7. The fourth-order valence-corrected chi connectivity index (χ4v) is 2.84. The molecule has 0 saturated heterocycles. The molecule has 4 nitrogen and oxygen atoms in total. The minimum atomic E-state index is -1.15. The second-order valence-corrected chi connectivity index (χ2v) is 6.26. The maximum Gasteiger partial charge on any atom is 0.153 e. The van der Waals surface area contributed by atoms with E-state index in [1.807, 2.05) is 0 Å². The van der Waals surface area contributed by atoms with E-state index >= 15 is 0 Å². The van der Waals surface area contributed by atoms with Crippen LogP contribution in [-0.2, 0) is 11.2 Å². The minimum Gasteiger partial charge on any atom is -0.612 e. The summed E-state index contributed by atoms with van der Waals surface area (Å²) >= 11 is -1.15. The fourth-order valence-electron chi connectivity index (χ4n) is 2.30. The van der Waals surface area contributed by atoms with Gasteiger partial charge >= 0.3 is 0 Å². The van der Waals surface area contributed by atoms with Crippen molar-refractivity contribution in [2.45, 2.75) is 4.90 Å². The van der Waals surface area contributed by atoms with Crippen molar-refractivity contribution in [2.24, 2.45) is 15.7 Å². The van der Waals surface area contributed by atoms with Crippen molar-refractivity contribution in [3.63, 3.8) is 0 Å². The molecular weight excluding hydrogens is 301 g/mol. The Kier molecular flexibility index (Phi) is 3.96. The van der Waals surface area contributed by atoms with Crippen LogP contribution in [0.2, 0.25) is 0 Å². The predicted octanol–water partition coefficient (Wildman–Crippen LogP) is 2.40. The zero-order valence-electron chi connectivity index (χ0n) is 11.9. The quantitative estimate of drug-likeness (QED) is 0.864. The highest BCUT2D eigenvalue weighted by molar-refractivity contribution is 7.90. The van der Waals surface area contributed by atoms with Crippen LogP contribution in [0, 0.1) is 5.82 Å². The van der Waals surface area contributed by atoms with Gasteiger partial charge in [0, 0.05) is 17.2 Å². The summed E-state index contributed by atoms with van der Waals surface area (Å²) < 4.78 is 25.9. The van der Waals surface area contributed by atoms with Gasteiger partial charge in [-0.1, -0.05) is 12.1 Å². The predicted molar refractivity (Wildman–Crippen MR) is 87.0 cm³/mol. The lowest BCUT2D eigenvalue weighted by molar-refractivity contribution is 0.601. The molecule has 1 aliphatic heterocycles. The Balaban J connectivity index is 2.23. The van der Waals surface area contributed by atoms with Crippen molar-refractivity contribution in [3.05, 3.63) is 59.4 Å². The van der Waals surface area contributed by atoms with E-state index in [9.17, 15) is 8.94 Å². The SMILES string of the molecule is C[S+]([O-])c1ccc2c(c1)C(c1ccccc1F)=NCC(N)=N2. The van der Waals surface area contributed by atoms with Crippen molar-refractivity contribution in [3.8, 4) is 0 Å². The maximum atomic E-state index is 14.1. The van der Waals surface area contributed by atoms with Crippen LogP contribution >= 0.6 is 0 Å². The number of fused-ring (bicyclic) bond motifs is 1. The molecule has 1 unspecified atom stereocenters. The second-order valence-electron chi connectivity index (χ2n) is 4.88. The molecule has 2 aromatic carbocycles. The van der Waals surface area contributed by atoms with Gasteiger partial charge in [0.25, 0.3) is 0 Å². The Hall–Kier alpha value is -2.18. The van der Waals surface area contributed by atoms with E-state index in [0.29, 0.717) is 33.3 Å². The van der Waals surface area contributed by atoms with Crippen molar-refractivity contribution in [1.29, 1.82) is 0 Å². The van der Waals surface area contributed by atoms with Gasteiger partial charge < -0.3 is 10.3 Å². The van der Waals surface area contributed by atoms with Gasteiger partial charge in [-0.2, -0.15) is 0 Å². The molecule has 1 aliphatic rings. The van der Waals surface area contributed by atoms with E-state index in [-0.39, 0.29) is 12.4 Å². The standard InChI is InChI=1S/C16H14FN3OS/c1-22(21)10-6-7-14-12(8-10)16(19-9-15(18)20-14)11-4-2-3-5-13(11)17/h2-8H,9H2,1H3,(H2,18,20). The van der Waals surface area contributed by atoms with Crippen LogP contribution in [0.4, 0.5) is 10.1 Å². The first-order chi connectivity index (χ1) is 10.6. The largest absolute Gasteiger partial charge is 0.612 e. The Morgan fingerprint density at radius 2 is 1.95 bits per heavy atom. The van der Waals surface area contributed by atoms with Gasteiger partial charge in [0.15, 0.2) is 4.90 Å². The van der Waals surface area contributed by atoms with Crippen molar-refractivity contribution < 1.29 is 8.94 Å². The van der Waals surface area contributed by atoms with Crippen LogP contribution in [-0.4, -0.2) is 28.9 Å². The maximum absolute atomic E-state index is 14.1. The average molecular weight is 315 g/mol. The molecule has 0 radical (unpaired) electrons. The number of rotatable bonds is 2. The van der Waals surface area contributed by atoms with Gasteiger partial charge in [-0.15, -0.1) is 0 Å². The van der Waals surface area contributed by atoms with Gasteiger partial charge in [0.05, 0.1) is 17.9 Å². The third-order valence-electron chi connectivity index (χ3n) is 3.35. The van der Waals surface area contributed by atoms with E-state index in [4.69, 9.17) is 5.73 Å². The number of hydrogen-bond donors (Lipinski definition) is 1. The average Bonchev–Trinajstić information content (AvgIpc) is 2.65. The van der Waals surface area contributed by atoms with Gasteiger partial charge in [0.2, 0.25) is 0 Å². The summed E-state index contributed by atoms with van der Waals surface area (Å²) in [5, 5.41) is 0. The number of halogens is 1. The van der Waals surface area contributed by atoms with Crippen LogP contribution in [0.25, 0.3) is 0 Å². The van der Waals surface area contributed by atoms with Crippen LogP contribution < -0.4 is 5.73 Å². The molecule has 0 amide bonds. The second kappa shape index (κ2) is 5.90. The van der Waals surface area contributed by atoms with Crippen molar-refractivity contribution in [1.82, 2.24) is 0 Å². The Bertz CT molecular complexity index is 787. The first-order valence-electron chi connectivity index (χ1n) is 6.66. The monoisotopic (exact) mass is 315 g/mol. The smallest absolute Gasteiger partial charge is 0.153 e. The highest BCUT2D eigenvalue weighted by Gasteiger charge is 2.20. The van der Waals surface area contributed by atoms with Gasteiger partial charge in [-0.05, 0) is 35.4 Å². The minimum absolute atomic E-state index is 0.197. The van der Waals surface area contributed by atoms with Gasteiger partial charge in [0.1, 0.15) is 17.9 Å². The molecule has 0 fully saturated rings. The van der Waals surface area contributed by atoms with Crippen LogP contribution in [0.5, 0.6) is 0 Å². The first-order valence-corrected chi connectivity index (χ1v) is 8.22. The van der Waals surface area contributed by atoms with Crippen LogP contribution in [0.1, 0.15) is 11.1 Å². The lowest BCUT2D eigenvalue weighted by Gasteiger charge is -2.11. The third kappa shape index (κ3) is 2.75. The summed E-state index contributed by atoms with van der Waals surface area (Å²) in [5.74, 6) is -0.00587. The molecule has 22 heavy (non-hydrogen) atoms. The molecule has 1 heterocycles. The lowest BCUT2D eigenvalue weighted by Crippen LogP contribution is -2.15. The molecule has 2 N–H and O–H groups in total. The summed E-state index contributed by atoms with van der Waals surface area (Å²) in [6.45, 7) is 0.197. The molecule has 112 valence electrons. The zero-order chi connectivity index (χ0) is 15.7. The van der Waals surface area contributed by atoms with Crippen molar-refractivity contribution in [2.75, 3.05) is 12.8 Å². The molecule has 0 saturated carbocycles. The molecule has 0 spiro atoms. The number of benzene rings is 2. The van der Waals surface area contributed by atoms with E-state index < -0.39 is 11.2 Å². The third-order valence-corrected chi connectivity index (χ3v) is 4.27. The lowest BCUT2D eigenvalue weighted by atomic mass is 10.0. The summed E-state index contributed by atoms with van der Waals surface area (Å²) in [4.78, 5) is 9.34. The number of nitrogens with zero attached hydrogens (tertiary/aromatic N) is 2. The Morgan fingerprint density at radius 3 is 2.68 bits per heavy atom. The summed E-state index contributed by atoms with van der Waals surface area (Å²) in [5.41, 5.74) is 7.91. The fraction of sp³-hybridized carbons (Fsp3) is 0.125. The topological polar surface area (TPSA) is 73.8 Å². The van der Waals surface area contributed by atoms with Gasteiger partial charge in [-0.3, -0.25) is 4.99 Å². The van der Waals surface area contributed by atoms with E-state index in [1.165, 1.54) is 6.07 Å². The Morgan fingerprint density at radius 1 is 1.18 bits per heavy atom. The normalized spacial score (nSPS) is 15.4. The molecule has 3 rings (SSSR count). The highest BCUT2D eigenvalue weighted by Crippen LogP contribution is 2.28. The molecular formula is C16H14FN3OS. The summed E-state index contributed by atoms with van der Waals surface area (Å²) in [6.07, 6.45) is 1.59. The molecule has 0 bridgehead atoms. The molecule has 0 aromatic heterocycles. The molecule has 0 aliphatic carbocycles. The molecule has 6 heteroatoms. The number of aliphatic imine (C=N–C) groups is 2. The summed E-state index contributed by atoms with van der Waals surface area (Å²) in [6, 6.07) is 11.6. The van der Waals surface area contributed by atoms with Crippen LogP contribution in [0.15, 0.2) is 57.3 Å². The zero-order valence-corrected chi connectivity index (χ0v) is 12.7. The van der Waals surface area contributed by atoms with E-state index in [1.54, 1.807) is 42.7 Å². The number of amidine groups is 1. The van der Waals surface area contributed by atoms with E-state index in [0.717, 1.165) is 0 Å². The summed E-state index contributed by atoms with van der Waals surface area (Å²) in [7, 11) is 0. The number of nitrogens with two attached hydrogens (primary N) is 1. The Labute approximate surface area is 130 Å².